The van der Waals surface area contributed by atoms with Gasteiger partial charge in [0.15, 0.2) is 11.2 Å². The molecule has 0 radical (unpaired) electrons. The lowest BCUT2D eigenvalue weighted by Crippen LogP contribution is -2.47. The number of hydrogen-bond donors (Lipinski definition) is 5. The van der Waals surface area contributed by atoms with Gasteiger partial charge in [0, 0.05) is 148 Å². The van der Waals surface area contributed by atoms with Gasteiger partial charge in [0.25, 0.3) is 24.3 Å². The monoisotopic (exact) mass is 1840 g/mol. The van der Waals surface area contributed by atoms with Gasteiger partial charge in [-0.3, -0.25) is 28.8 Å². The molecule has 3 saturated heterocycles. The molecule has 1 aliphatic carbocycles. The number of piperidine rings is 1. The Morgan fingerprint density at radius 3 is 2.14 bits per heavy atom. The maximum atomic E-state index is 13.5. The number of likely N-dealkylation sites (N-methyl/N-ethyl adjacent to an activating group) is 1. The van der Waals surface area contributed by atoms with E-state index in [2.05, 4.69) is 71.4 Å². The van der Waals surface area contributed by atoms with E-state index in [0.717, 1.165) is 80.1 Å². The van der Waals surface area contributed by atoms with Crippen molar-refractivity contribution in [2.45, 2.75) is 213 Å². The zero-order valence-corrected chi connectivity index (χ0v) is 78.2. The van der Waals surface area contributed by atoms with Crippen LogP contribution in [0, 0.1) is 23.7 Å². The average molecular weight is 1840 g/mol. The fourth-order valence-corrected chi connectivity index (χ4v) is 17.9. The van der Waals surface area contributed by atoms with Gasteiger partial charge in [0.1, 0.15) is 58.8 Å². The fourth-order valence-electron chi connectivity index (χ4n) is 17.9. The third kappa shape index (κ3) is 29.4. The summed E-state index contributed by atoms with van der Waals surface area (Å²) < 4.78 is 59.5. The predicted octanol–water partition coefficient (Wildman–Crippen LogP) is 10.5. The summed E-state index contributed by atoms with van der Waals surface area (Å²) >= 11 is 0. The normalized spacial score (nSPS) is 19.2. The molecule has 9 atom stereocenters. The highest BCUT2D eigenvalue weighted by molar-refractivity contribution is 6.37. The van der Waals surface area contributed by atoms with Gasteiger partial charge in [-0.05, 0) is 162 Å². The van der Waals surface area contributed by atoms with E-state index in [0.29, 0.717) is 219 Å². The minimum Gasteiger partial charge on any atom is -0.464 e. The van der Waals surface area contributed by atoms with Crippen LogP contribution in [0.2, 0.25) is 0 Å². The second-order valence-electron chi connectivity index (χ2n) is 35.6. The molecule has 4 aliphatic heterocycles. The highest BCUT2D eigenvalue weighted by Gasteiger charge is 2.37. The third-order valence-electron chi connectivity index (χ3n) is 25.8. The minimum absolute atomic E-state index is 0.00842. The zero-order chi connectivity index (χ0) is 94.3. The predicted molar refractivity (Wildman–Crippen MR) is 501 cm³/mol. The lowest BCUT2D eigenvalue weighted by Gasteiger charge is -2.34. The van der Waals surface area contributed by atoms with Crippen LogP contribution in [0.15, 0.2) is 113 Å². The molecule has 2 unspecified atom stereocenters. The molecule has 720 valence electrons. The number of piperazine rings is 1. The number of aliphatic hydroxyl groups excluding tert-OH is 1. The molecular weight excluding hydrogens is 1710 g/mol. The molecule has 36 nitrogen and oxygen atoms in total. The number of ketones is 2. The smallest absolute Gasteiger partial charge is 0.407 e. The van der Waals surface area contributed by atoms with Crippen LogP contribution >= 0.6 is 0 Å². The molecule has 12 rings (SSSR count). The number of benzene rings is 2. The molecule has 8 N–H and O–H groups in total. The highest BCUT2D eigenvalue weighted by Crippen LogP contribution is 2.36. The molecule has 5 aliphatic rings. The standard InChI is InChI=1S/C97H134N18O18/c1-63(16-11-9-12-17-64(2)83(124-7)53-76-18-15-19-82(131-76)88(120)93(122)111-32-13-10-14-33-111)48-65(3)79(117)54-80(118)66(4)49-67(5)84(125-8)52-75(130-62-116)28-23-68-21-26-74(27-22-68)132-97(123)104-57-70-55-101-95(102-56-70)112-35-37-113(38-36-112)96-103-58-77(89(98)108-96)92(121)110(6)39-41-127-43-45-129-47-46-128-44-42-126-40-31-85(119)114-34-30-71-50-69(20-24-73(71)60-114)59-115-91-86(90(99)105-61-106-91)87(109-115)72-25-29-81-78(51-72)107-94(100)133-81/h9,11-12,16-17,20,24-25,29,49-51,55-56,58,61-63,65,67-68,74-76,80,82-84,118H,10,13-15,18-19,21-23,26-28,30-48,52-54,57,59-60H2,1-8H3,(H2,100,107)(H,104,123)(H2,98,103,108)(H2,99,105,106)/b12-9+,16-11+,64-17+,66-49+/t63-,65-,67-,68-,74-,75-,76?,80+,82?,83+,84-/m1/s1. The van der Waals surface area contributed by atoms with Crippen molar-refractivity contribution in [3.05, 3.63) is 137 Å². The lowest BCUT2D eigenvalue weighted by atomic mass is 9.83. The summed E-state index contributed by atoms with van der Waals surface area (Å²) in [4.78, 5) is 131. The second-order valence-corrected chi connectivity index (χ2v) is 35.6. The molecule has 5 aromatic heterocycles. The van der Waals surface area contributed by atoms with Crippen molar-refractivity contribution < 1.29 is 85.7 Å². The minimum atomic E-state index is -0.962. The first kappa shape index (κ1) is 101. The summed E-state index contributed by atoms with van der Waals surface area (Å²) in [6.45, 7) is 18.5. The number of anilines is 5. The molecule has 4 amide bonds. The number of likely N-dealkylation sites (tertiary alicyclic amines) is 1. The Labute approximate surface area is 777 Å². The number of carbonyl (C=O) groups excluding carboxylic acids is 7. The first-order valence-corrected chi connectivity index (χ1v) is 46.9. The largest absolute Gasteiger partial charge is 0.464 e. The van der Waals surface area contributed by atoms with E-state index < -0.39 is 36.1 Å². The number of rotatable bonds is 49. The number of nitrogen functional groups attached to an aromatic ring is 3. The number of nitrogens with zero attached hydrogens (tertiary/aromatic N) is 14. The molecule has 2 aromatic carbocycles. The zero-order valence-electron chi connectivity index (χ0n) is 78.2. The number of amides is 4. The van der Waals surface area contributed by atoms with E-state index in [9.17, 15) is 38.7 Å². The number of nitrogens with two attached hydrogens (primary N) is 3. The van der Waals surface area contributed by atoms with Crippen LogP contribution in [0.1, 0.15) is 176 Å². The first-order chi connectivity index (χ1) is 64.4. The molecule has 36 heteroatoms. The van der Waals surface area contributed by atoms with E-state index in [-0.39, 0.29) is 110 Å². The Morgan fingerprint density at radius 2 is 1.42 bits per heavy atom. The number of alkyl carbamates (subject to hydrolysis) is 1. The third-order valence-corrected chi connectivity index (χ3v) is 25.8. The summed E-state index contributed by atoms with van der Waals surface area (Å²) in [5.74, 6) is 0.206. The summed E-state index contributed by atoms with van der Waals surface area (Å²) in [6.07, 6.45) is 26.9. The van der Waals surface area contributed by atoms with Crippen molar-refractivity contribution in [1.29, 1.82) is 0 Å². The number of methoxy groups -OCH3 is 2. The van der Waals surface area contributed by atoms with Gasteiger partial charge in [-0.1, -0.05) is 75.4 Å². The molecule has 4 fully saturated rings. The van der Waals surface area contributed by atoms with E-state index in [1.54, 1.807) is 44.6 Å². The average Bonchev–Trinajstić information content (AvgIpc) is 1.61. The van der Waals surface area contributed by atoms with Gasteiger partial charge in [-0.15, -0.1) is 0 Å². The first-order valence-electron chi connectivity index (χ1n) is 46.9. The van der Waals surface area contributed by atoms with Crippen LogP contribution in [0.4, 0.5) is 34.3 Å². The number of fused-ring (bicyclic) bond motifs is 3. The summed E-state index contributed by atoms with van der Waals surface area (Å²) in [5, 5.41) is 19.7. The van der Waals surface area contributed by atoms with Crippen molar-refractivity contribution in [2.75, 3.05) is 153 Å². The van der Waals surface area contributed by atoms with Gasteiger partial charge in [-0.25, -0.2) is 34.4 Å². The Kier molecular flexibility index (Phi) is 38.4. The lowest BCUT2D eigenvalue weighted by molar-refractivity contribution is -0.157. The van der Waals surface area contributed by atoms with Crippen molar-refractivity contribution in [1.82, 2.24) is 64.7 Å². The van der Waals surface area contributed by atoms with E-state index >= 15 is 0 Å². The van der Waals surface area contributed by atoms with E-state index in [1.165, 1.54) is 23.0 Å². The van der Waals surface area contributed by atoms with Gasteiger partial charge < -0.3 is 99.2 Å². The van der Waals surface area contributed by atoms with Crippen molar-refractivity contribution >= 4 is 93.5 Å². The Bertz CT molecular complexity index is 5120. The van der Waals surface area contributed by atoms with Crippen molar-refractivity contribution in [3.63, 3.8) is 0 Å². The summed E-state index contributed by atoms with van der Waals surface area (Å²) in [5.41, 5.74) is 27.6. The highest BCUT2D eigenvalue weighted by atomic mass is 16.6. The fraction of sp³-hybridized carbons (Fsp3) is 0.577. The number of oxazole rings is 1. The number of hydrogen-bond acceptors (Lipinski definition) is 31. The van der Waals surface area contributed by atoms with Gasteiger partial charge in [0.2, 0.25) is 23.6 Å². The van der Waals surface area contributed by atoms with E-state index in [4.69, 9.17) is 69.3 Å². The number of allylic oxidation sites excluding steroid dienone is 5. The quantitative estimate of drug-likeness (QED) is 0.00777. The number of Topliss-reactive ketones (excluding diaryl/α,β-unsaturated/α-hetero) is 2. The van der Waals surface area contributed by atoms with Gasteiger partial charge in [0.05, 0.1) is 95.6 Å². The van der Waals surface area contributed by atoms with Crippen LogP contribution in [-0.4, -0.2) is 276 Å². The number of nitrogens with one attached hydrogen (secondary N) is 1. The maximum absolute atomic E-state index is 13.5. The second kappa shape index (κ2) is 50.7. The molecular formula is C97H134N18O18. The van der Waals surface area contributed by atoms with Crippen LogP contribution in [0.3, 0.4) is 0 Å². The number of ether oxygens (including phenoxy) is 9. The number of aromatic nitrogens is 9. The van der Waals surface area contributed by atoms with Crippen LogP contribution in [-0.2, 0) is 92.7 Å². The van der Waals surface area contributed by atoms with E-state index in [1.807, 2.05) is 89.6 Å². The van der Waals surface area contributed by atoms with Gasteiger partial charge >= 0.3 is 6.09 Å². The molecule has 0 spiro atoms. The molecule has 9 heterocycles. The van der Waals surface area contributed by atoms with Gasteiger partial charge in [-0.2, -0.15) is 15.1 Å². The molecule has 0 bridgehead atoms. The Balaban J connectivity index is 0.456. The molecule has 1 saturated carbocycles. The number of aliphatic hydroxyl groups is 1. The Morgan fingerprint density at radius 1 is 0.707 bits per heavy atom. The Hall–Kier alpha value is -11.3. The topological polar surface area (TPSA) is 450 Å². The van der Waals surface area contributed by atoms with Crippen LogP contribution in [0.5, 0.6) is 0 Å². The van der Waals surface area contributed by atoms with Crippen molar-refractivity contribution in [3.8, 4) is 11.3 Å². The number of carbonyl (C=O) groups is 7. The molecule has 133 heavy (non-hydrogen) atoms. The molecule has 7 aromatic rings. The van der Waals surface area contributed by atoms with Crippen LogP contribution < -0.4 is 32.3 Å². The van der Waals surface area contributed by atoms with Crippen LogP contribution in [0.25, 0.3) is 33.4 Å². The summed E-state index contributed by atoms with van der Waals surface area (Å²) in [6, 6.07) is 11.9. The SMILES string of the molecule is CO[C@@H](CC1CCCC(C(=O)C(=O)N2CCCCC2)O1)/C(C)=C/C=C/C=C/[C@@H](C)C[C@@H](C)C(=O)C[C@H](O)/C(C)=C/[C@@H](C)[C@@H](C[C@@H](CC[C@H]1CC[C@H](OC(=O)NCc2cnc(N3CCN(c4ncc(C(=O)N(C)CCOCCOCCOCCOCCC(=O)N5CCc6cc(Cn7nc(-c8ccc9oc(N)nc9c8)c8c(N)ncnc87)ccc6C5)c(N)n4)CC3)nc2)CC1)OC=O)OC. The maximum Gasteiger partial charge on any atom is 0.407 e. The summed E-state index contributed by atoms with van der Waals surface area (Å²) in [7, 11) is 4.95. The van der Waals surface area contributed by atoms with Crippen molar-refractivity contribution in [2.24, 2.45) is 23.7 Å².